The number of rotatable bonds is 5. The molecular formula is C12H24N2O2. The van der Waals surface area contributed by atoms with Gasteiger partial charge in [-0.25, -0.2) is 0 Å². The first-order valence-electron chi connectivity index (χ1n) is 6.24. The van der Waals surface area contributed by atoms with E-state index in [4.69, 9.17) is 10.5 Å². The van der Waals surface area contributed by atoms with Gasteiger partial charge in [0, 0.05) is 32.7 Å². The van der Waals surface area contributed by atoms with Gasteiger partial charge in [-0.1, -0.05) is 6.92 Å². The van der Waals surface area contributed by atoms with E-state index in [1.54, 1.807) is 4.90 Å². The number of carbonyl (C=O) groups is 1. The zero-order valence-corrected chi connectivity index (χ0v) is 10.4. The molecule has 0 aliphatic carbocycles. The van der Waals surface area contributed by atoms with Gasteiger partial charge in [0.1, 0.15) is 0 Å². The van der Waals surface area contributed by atoms with Crippen molar-refractivity contribution in [2.75, 3.05) is 20.2 Å². The van der Waals surface area contributed by atoms with Gasteiger partial charge in [-0.05, 0) is 25.7 Å². The van der Waals surface area contributed by atoms with Crippen molar-refractivity contribution in [3.05, 3.63) is 0 Å². The van der Waals surface area contributed by atoms with Crippen LogP contribution in [0.5, 0.6) is 0 Å². The molecular weight excluding hydrogens is 204 g/mol. The summed E-state index contributed by atoms with van der Waals surface area (Å²) in [7, 11) is 1.84. The highest BCUT2D eigenvalue weighted by Gasteiger charge is 2.19. The van der Waals surface area contributed by atoms with Gasteiger partial charge in [-0.15, -0.1) is 0 Å². The van der Waals surface area contributed by atoms with Crippen molar-refractivity contribution in [3.8, 4) is 0 Å². The highest BCUT2D eigenvalue weighted by molar-refractivity contribution is 5.76. The molecule has 1 heterocycles. The van der Waals surface area contributed by atoms with Crippen molar-refractivity contribution < 1.29 is 9.53 Å². The topological polar surface area (TPSA) is 55.6 Å². The Hall–Kier alpha value is -0.610. The zero-order chi connectivity index (χ0) is 12.0. The Morgan fingerprint density at radius 3 is 2.88 bits per heavy atom. The Bertz CT molecular complexity index is 215. The minimum Gasteiger partial charge on any atom is -0.376 e. The maximum Gasteiger partial charge on any atom is 0.223 e. The number of nitrogens with zero attached hydrogens (tertiary/aromatic N) is 1. The second-order valence-electron chi connectivity index (χ2n) is 4.64. The standard InChI is InChI=1S/C12H24N2O2/c1-3-10(13)8-12(15)14(2)9-11-6-4-5-7-16-11/h10-11H,3-9,13H2,1-2H3. The number of carbonyl (C=O) groups excluding carboxylic acids is 1. The third-order valence-corrected chi connectivity index (χ3v) is 3.14. The van der Waals surface area contributed by atoms with E-state index in [9.17, 15) is 4.79 Å². The smallest absolute Gasteiger partial charge is 0.223 e. The fourth-order valence-corrected chi connectivity index (χ4v) is 1.88. The minimum absolute atomic E-state index is 0.0118. The van der Waals surface area contributed by atoms with E-state index in [0.29, 0.717) is 13.0 Å². The first-order valence-corrected chi connectivity index (χ1v) is 6.24. The summed E-state index contributed by atoms with van der Waals surface area (Å²) in [6.07, 6.45) is 4.94. The van der Waals surface area contributed by atoms with Gasteiger partial charge in [-0.2, -0.15) is 0 Å². The van der Waals surface area contributed by atoms with E-state index in [1.165, 1.54) is 6.42 Å². The van der Waals surface area contributed by atoms with Crippen molar-refractivity contribution in [2.24, 2.45) is 5.73 Å². The highest BCUT2D eigenvalue weighted by atomic mass is 16.5. The Kier molecular flexibility index (Phi) is 5.77. The number of hydrogen-bond donors (Lipinski definition) is 1. The van der Waals surface area contributed by atoms with Crippen LogP contribution in [0.15, 0.2) is 0 Å². The first kappa shape index (κ1) is 13.5. The van der Waals surface area contributed by atoms with Crippen molar-refractivity contribution in [1.82, 2.24) is 4.90 Å². The van der Waals surface area contributed by atoms with Gasteiger partial charge in [0.25, 0.3) is 0 Å². The molecule has 0 bridgehead atoms. The van der Waals surface area contributed by atoms with Crippen molar-refractivity contribution in [1.29, 1.82) is 0 Å². The summed E-state index contributed by atoms with van der Waals surface area (Å²) in [5, 5.41) is 0. The predicted octanol–water partition coefficient (Wildman–Crippen LogP) is 1.14. The molecule has 0 aromatic rings. The molecule has 1 aliphatic rings. The maximum atomic E-state index is 11.8. The van der Waals surface area contributed by atoms with Crippen LogP contribution in [0.4, 0.5) is 0 Å². The largest absolute Gasteiger partial charge is 0.376 e. The van der Waals surface area contributed by atoms with Gasteiger partial charge < -0.3 is 15.4 Å². The molecule has 1 saturated heterocycles. The molecule has 0 aromatic carbocycles. The molecule has 0 saturated carbocycles. The molecule has 16 heavy (non-hydrogen) atoms. The number of ether oxygens (including phenoxy) is 1. The molecule has 4 nitrogen and oxygen atoms in total. The van der Waals surface area contributed by atoms with Crippen molar-refractivity contribution in [3.63, 3.8) is 0 Å². The normalized spacial score (nSPS) is 22.8. The zero-order valence-electron chi connectivity index (χ0n) is 10.4. The van der Waals surface area contributed by atoms with Gasteiger partial charge in [0.2, 0.25) is 5.91 Å². The predicted molar refractivity (Wildman–Crippen MR) is 64.1 cm³/mol. The molecule has 4 heteroatoms. The minimum atomic E-state index is -0.0118. The van der Waals surface area contributed by atoms with E-state index in [1.807, 2.05) is 14.0 Å². The van der Waals surface area contributed by atoms with Crippen molar-refractivity contribution in [2.45, 2.75) is 51.2 Å². The Balaban J connectivity index is 2.27. The molecule has 94 valence electrons. The van der Waals surface area contributed by atoms with E-state index in [-0.39, 0.29) is 18.1 Å². The van der Waals surface area contributed by atoms with E-state index < -0.39 is 0 Å². The summed E-state index contributed by atoms with van der Waals surface area (Å²) in [4.78, 5) is 13.5. The van der Waals surface area contributed by atoms with Crippen LogP contribution in [0.2, 0.25) is 0 Å². The molecule has 2 atom stereocenters. The average Bonchev–Trinajstić information content (AvgIpc) is 2.30. The molecule has 0 spiro atoms. The van der Waals surface area contributed by atoms with Crippen LogP contribution >= 0.6 is 0 Å². The number of amides is 1. The Labute approximate surface area is 98.1 Å². The summed E-state index contributed by atoms with van der Waals surface area (Å²) in [5.41, 5.74) is 5.77. The fourth-order valence-electron chi connectivity index (χ4n) is 1.88. The molecule has 2 unspecified atom stereocenters. The molecule has 1 fully saturated rings. The molecule has 2 N–H and O–H groups in total. The lowest BCUT2D eigenvalue weighted by molar-refractivity contribution is -0.132. The SMILES string of the molecule is CCC(N)CC(=O)N(C)CC1CCCCO1. The summed E-state index contributed by atoms with van der Waals surface area (Å²) in [5.74, 6) is 0.128. The summed E-state index contributed by atoms with van der Waals surface area (Å²) >= 11 is 0. The molecule has 1 rings (SSSR count). The van der Waals surface area contributed by atoms with Crippen LogP contribution in [0.1, 0.15) is 39.0 Å². The van der Waals surface area contributed by atoms with Crippen LogP contribution in [-0.2, 0) is 9.53 Å². The van der Waals surface area contributed by atoms with Gasteiger partial charge >= 0.3 is 0 Å². The van der Waals surface area contributed by atoms with Crippen LogP contribution in [0, 0.1) is 0 Å². The highest BCUT2D eigenvalue weighted by Crippen LogP contribution is 2.13. The number of hydrogen-bond acceptors (Lipinski definition) is 3. The molecule has 1 amide bonds. The average molecular weight is 228 g/mol. The third-order valence-electron chi connectivity index (χ3n) is 3.14. The molecule has 0 radical (unpaired) electrons. The molecule has 1 aliphatic heterocycles. The first-order chi connectivity index (χ1) is 7.63. The van der Waals surface area contributed by atoms with Crippen LogP contribution < -0.4 is 5.73 Å². The lowest BCUT2D eigenvalue weighted by Crippen LogP contribution is -2.39. The van der Waals surface area contributed by atoms with Crippen LogP contribution in [0.25, 0.3) is 0 Å². The molecule has 0 aromatic heterocycles. The van der Waals surface area contributed by atoms with E-state index in [2.05, 4.69) is 0 Å². The van der Waals surface area contributed by atoms with Crippen molar-refractivity contribution >= 4 is 5.91 Å². The lowest BCUT2D eigenvalue weighted by atomic mass is 10.1. The quantitative estimate of drug-likeness (QED) is 0.767. The van der Waals surface area contributed by atoms with E-state index in [0.717, 1.165) is 25.9 Å². The van der Waals surface area contributed by atoms with Gasteiger partial charge in [0.15, 0.2) is 0 Å². The van der Waals surface area contributed by atoms with Gasteiger partial charge in [-0.3, -0.25) is 4.79 Å². The summed E-state index contributed by atoms with van der Waals surface area (Å²) < 4.78 is 5.60. The lowest BCUT2D eigenvalue weighted by Gasteiger charge is -2.28. The number of likely N-dealkylation sites (N-methyl/N-ethyl adjacent to an activating group) is 1. The maximum absolute atomic E-state index is 11.8. The summed E-state index contributed by atoms with van der Waals surface area (Å²) in [6, 6.07) is -0.0118. The Morgan fingerprint density at radius 1 is 1.56 bits per heavy atom. The van der Waals surface area contributed by atoms with Crippen LogP contribution in [-0.4, -0.2) is 43.2 Å². The summed E-state index contributed by atoms with van der Waals surface area (Å²) in [6.45, 7) is 3.54. The second kappa shape index (κ2) is 6.86. The monoisotopic (exact) mass is 228 g/mol. The van der Waals surface area contributed by atoms with Gasteiger partial charge in [0.05, 0.1) is 6.10 Å². The Morgan fingerprint density at radius 2 is 2.31 bits per heavy atom. The second-order valence-corrected chi connectivity index (χ2v) is 4.64. The number of nitrogens with two attached hydrogens (primary N) is 1. The fraction of sp³-hybridized carbons (Fsp3) is 0.917. The third kappa shape index (κ3) is 4.49. The van der Waals surface area contributed by atoms with Crippen LogP contribution in [0.3, 0.4) is 0 Å². The van der Waals surface area contributed by atoms with E-state index >= 15 is 0 Å².